The zero-order chi connectivity index (χ0) is 21.1. The van der Waals surface area contributed by atoms with Crippen molar-refractivity contribution < 1.29 is 18.0 Å². The largest absolute Gasteiger partial charge is 0.416 e. The van der Waals surface area contributed by atoms with E-state index in [1.807, 2.05) is 0 Å². The average Bonchev–Trinajstić information content (AvgIpc) is 2.69. The number of aromatic nitrogens is 2. The number of hydrogen-bond acceptors (Lipinski definition) is 4. The van der Waals surface area contributed by atoms with Crippen molar-refractivity contribution in [1.82, 2.24) is 9.13 Å². The molecule has 1 aliphatic heterocycles. The number of rotatable bonds is 1. The molecule has 29 heavy (non-hydrogen) atoms. The number of allylic oxidation sites excluding steroid dienone is 2. The maximum Gasteiger partial charge on any atom is 0.416 e. The van der Waals surface area contributed by atoms with Gasteiger partial charge in [0.2, 0.25) is 0 Å². The minimum absolute atomic E-state index is 0.0999. The molecule has 9 heteroatoms. The minimum atomic E-state index is -4.56. The molecule has 0 bridgehead atoms. The molecular weight excluding hydrogens is 387 g/mol. The van der Waals surface area contributed by atoms with E-state index >= 15 is 0 Å². The Bertz CT molecular complexity index is 1190. The Morgan fingerprint density at radius 2 is 1.79 bits per heavy atom. The molecule has 0 saturated carbocycles. The number of benzene rings is 1. The predicted molar refractivity (Wildman–Crippen MR) is 99.7 cm³/mol. The lowest BCUT2D eigenvalue weighted by molar-refractivity contribution is -0.137. The number of nitrogens with zero attached hydrogens (tertiary/aromatic N) is 2. The Balaban J connectivity index is 2.06. The first-order valence-corrected chi connectivity index (χ1v) is 9.11. The van der Waals surface area contributed by atoms with E-state index in [4.69, 9.17) is 0 Å². The Kier molecular flexibility index (Phi) is 4.29. The van der Waals surface area contributed by atoms with Gasteiger partial charge in [-0.25, -0.2) is 4.79 Å². The summed E-state index contributed by atoms with van der Waals surface area (Å²) < 4.78 is 42.0. The summed E-state index contributed by atoms with van der Waals surface area (Å²) in [7, 11) is 2.79. The standard InChI is InChI=1S/C20H18F3N3O3/c1-25-17-16(18(28)26(2)19(25)29)14(15-12(24-17)7-4-8-13(15)27)10-5-3-6-11(9-10)20(21,22)23/h3,5-6,9,14,24H,4,7-8H2,1-2H3/t14-/m0/s1. The van der Waals surface area contributed by atoms with Crippen molar-refractivity contribution in [2.24, 2.45) is 14.1 Å². The van der Waals surface area contributed by atoms with Gasteiger partial charge in [-0.05, 0) is 24.5 Å². The fourth-order valence-corrected chi connectivity index (χ4v) is 4.13. The van der Waals surface area contributed by atoms with Crippen LogP contribution in [0.1, 0.15) is 41.9 Å². The molecule has 1 aliphatic carbocycles. The zero-order valence-corrected chi connectivity index (χ0v) is 15.8. The van der Waals surface area contributed by atoms with Gasteiger partial charge in [0, 0.05) is 37.7 Å². The topological polar surface area (TPSA) is 73.1 Å². The molecule has 0 unspecified atom stereocenters. The van der Waals surface area contributed by atoms with Crippen LogP contribution in [0.25, 0.3) is 0 Å². The van der Waals surface area contributed by atoms with Gasteiger partial charge in [0.25, 0.3) is 5.56 Å². The number of alkyl halides is 3. The molecule has 6 nitrogen and oxygen atoms in total. The van der Waals surface area contributed by atoms with Crippen LogP contribution in [0.5, 0.6) is 0 Å². The van der Waals surface area contributed by atoms with Crippen molar-refractivity contribution in [1.29, 1.82) is 0 Å². The molecule has 1 N–H and O–H groups in total. The summed E-state index contributed by atoms with van der Waals surface area (Å²) >= 11 is 0. The van der Waals surface area contributed by atoms with Gasteiger partial charge in [0.1, 0.15) is 5.82 Å². The van der Waals surface area contributed by atoms with Crippen LogP contribution in [0.2, 0.25) is 0 Å². The Morgan fingerprint density at radius 1 is 1.07 bits per heavy atom. The molecule has 2 aromatic rings. The third kappa shape index (κ3) is 2.92. The quantitative estimate of drug-likeness (QED) is 0.792. The van der Waals surface area contributed by atoms with Crippen LogP contribution in [-0.2, 0) is 25.1 Å². The number of halogens is 3. The fourth-order valence-electron chi connectivity index (χ4n) is 4.13. The lowest BCUT2D eigenvalue weighted by atomic mass is 9.76. The van der Waals surface area contributed by atoms with Crippen LogP contribution in [0.3, 0.4) is 0 Å². The second-order valence-corrected chi connectivity index (χ2v) is 7.32. The van der Waals surface area contributed by atoms with Gasteiger partial charge in [-0.2, -0.15) is 13.2 Å². The highest BCUT2D eigenvalue weighted by molar-refractivity contribution is 6.00. The van der Waals surface area contributed by atoms with Crippen LogP contribution < -0.4 is 16.6 Å². The summed E-state index contributed by atoms with van der Waals surface area (Å²) in [5.41, 5.74) is -0.900. The fraction of sp³-hybridized carbons (Fsp3) is 0.350. The lowest BCUT2D eigenvalue weighted by Gasteiger charge is -2.34. The summed E-state index contributed by atoms with van der Waals surface area (Å²) in [5, 5.41) is 3.04. The molecule has 0 spiro atoms. The third-order valence-corrected chi connectivity index (χ3v) is 5.55. The molecule has 0 radical (unpaired) electrons. The SMILES string of the molecule is Cn1c2c(c(=O)n(C)c1=O)[C@@H](c1cccc(C(F)(F)F)c1)C1=C(CCCC1=O)N2. The van der Waals surface area contributed by atoms with E-state index in [0.717, 1.165) is 16.7 Å². The van der Waals surface area contributed by atoms with Crippen LogP contribution >= 0.6 is 0 Å². The number of hydrogen-bond donors (Lipinski definition) is 1. The third-order valence-electron chi connectivity index (χ3n) is 5.55. The Hall–Kier alpha value is -3.10. The maximum atomic E-state index is 13.3. The highest BCUT2D eigenvalue weighted by atomic mass is 19.4. The first kappa shape index (κ1) is 19.2. The predicted octanol–water partition coefficient (Wildman–Crippen LogP) is 2.67. The number of ketones is 1. The molecule has 1 atom stereocenters. The van der Waals surface area contributed by atoms with Crippen LogP contribution in [-0.4, -0.2) is 14.9 Å². The van der Waals surface area contributed by atoms with Gasteiger partial charge in [0.05, 0.1) is 11.1 Å². The molecule has 152 valence electrons. The molecule has 2 heterocycles. The number of Topliss-reactive ketones (excluding diaryl/α,β-unsaturated/α-hetero) is 1. The molecule has 0 fully saturated rings. The number of carbonyl (C=O) groups excluding carboxylic acids is 1. The Labute approximate surface area is 163 Å². The van der Waals surface area contributed by atoms with Gasteiger partial charge in [-0.15, -0.1) is 0 Å². The summed E-state index contributed by atoms with van der Waals surface area (Å²) in [6, 6.07) is 4.66. The summed E-state index contributed by atoms with van der Waals surface area (Å²) in [6.45, 7) is 0. The first-order chi connectivity index (χ1) is 13.6. The molecule has 2 aliphatic rings. The van der Waals surface area contributed by atoms with Crippen LogP contribution in [0.15, 0.2) is 45.1 Å². The van der Waals surface area contributed by atoms with Crippen molar-refractivity contribution in [2.75, 3.05) is 5.32 Å². The molecule has 0 saturated heterocycles. The monoisotopic (exact) mass is 405 g/mol. The van der Waals surface area contributed by atoms with Gasteiger partial charge in [-0.3, -0.25) is 18.7 Å². The smallest absolute Gasteiger partial charge is 0.344 e. The molecule has 1 aromatic carbocycles. The van der Waals surface area contributed by atoms with E-state index in [1.54, 1.807) is 0 Å². The number of nitrogens with one attached hydrogen (secondary N) is 1. The molecular formula is C20H18F3N3O3. The van der Waals surface area contributed by atoms with E-state index < -0.39 is 28.9 Å². The molecule has 1 aromatic heterocycles. The Morgan fingerprint density at radius 3 is 2.48 bits per heavy atom. The van der Waals surface area contributed by atoms with Crippen molar-refractivity contribution in [3.8, 4) is 0 Å². The normalized spacial score (nSPS) is 18.9. The van der Waals surface area contributed by atoms with Crippen molar-refractivity contribution in [2.45, 2.75) is 31.4 Å². The second kappa shape index (κ2) is 6.47. The summed E-state index contributed by atoms with van der Waals surface area (Å²) in [4.78, 5) is 38.1. The van der Waals surface area contributed by atoms with Gasteiger partial charge >= 0.3 is 11.9 Å². The van der Waals surface area contributed by atoms with Gasteiger partial charge in [-0.1, -0.05) is 18.2 Å². The second-order valence-electron chi connectivity index (χ2n) is 7.32. The minimum Gasteiger partial charge on any atom is -0.344 e. The van der Waals surface area contributed by atoms with E-state index in [1.165, 1.54) is 30.8 Å². The van der Waals surface area contributed by atoms with E-state index in [-0.39, 0.29) is 29.1 Å². The average molecular weight is 405 g/mol. The number of carbonyl (C=O) groups is 1. The zero-order valence-electron chi connectivity index (χ0n) is 15.8. The van der Waals surface area contributed by atoms with Crippen molar-refractivity contribution in [3.63, 3.8) is 0 Å². The summed E-state index contributed by atoms with van der Waals surface area (Å²) in [5.74, 6) is -0.960. The van der Waals surface area contributed by atoms with Crippen LogP contribution in [0.4, 0.5) is 19.0 Å². The van der Waals surface area contributed by atoms with Crippen molar-refractivity contribution in [3.05, 3.63) is 73.1 Å². The molecule has 4 rings (SSSR count). The summed E-state index contributed by atoms with van der Waals surface area (Å²) in [6.07, 6.45) is -3.20. The number of anilines is 1. The van der Waals surface area contributed by atoms with Crippen LogP contribution in [0, 0.1) is 0 Å². The van der Waals surface area contributed by atoms with Gasteiger partial charge in [0.15, 0.2) is 5.78 Å². The van der Waals surface area contributed by atoms with Gasteiger partial charge < -0.3 is 5.32 Å². The lowest BCUT2D eigenvalue weighted by Crippen LogP contribution is -2.44. The van der Waals surface area contributed by atoms with E-state index in [2.05, 4.69) is 5.32 Å². The highest BCUT2D eigenvalue weighted by Gasteiger charge is 2.39. The van der Waals surface area contributed by atoms with Crippen molar-refractivity contribution >= 4 is 11.6 Å². The molecule has 0 amide bonds. The van der Waals surface area contributed by atoms with E-state index in [9.17, 15) is 27.6 Å². The highest BCUT2D eigenvalue weighted by Crippen LogP contribution is 2.44. The number of fused-ring (bicyclic) bond motifs is 1. The van der Waals surface area contributed by atoms with E-state index in [0.29, 0.717) is 24.1 Å². The maximum absolute atomic E-state index is 13.3. The first-order valence-electron chi connectivity index (χ1n) is 9.11.